The summed E-state index contributed by atoms with van der Waals surface area (Å²) < 4.78 is 11.3. The molecule has 1 heterocycles. The highest BCUT2D eigenvalue weighted by Gasteiger charge is 2.10. The minimum Gasteiger partial charge on any atom is -0.488 e. The average molecular weight is 293 g/mol. The predicted octanol–water partition coefficient (Wildman–Crippen LogP) is 3.77. The number of ether oxygens (including phenoxy) is 2. The molecule has 2 N–H and O–H groups in total. The summed E-state index contributed by atoms with van der Waals surface area (Å²) in [5.41, 5.74) is 6.52. The van der Waals surface area contributed by atoms with Gasteiger partial charge < -0.3 is 15.2 Å². The van der Waals surface area contributed by atoms with Gasteiger partial charge in [0.1, 0.15) is 5.75 Å². The van der Waals surface area contributed by atoms with Gasteiger partial charge in [-0.05, 0) is 36.2 Å². The van der Waals surface area contributed by atoms with Crippen LogP contribution >= 0.6 is 11.6 Å². The van der Waals surface area contributed by atoms with Gasteiger partial charge in [0.15, 0.2) is 5.75 Å². The van der Waals surface area contributed by atoms with Crippen molar-refractivity contribution in [2.45, 2.75) is 19.9 Å². The molecule has 1 aromatic carbocycles. The molecule has 0 fully saturated rings. The van der Waals surface area contributed by atoms with E-state index < -0.39 is 0 Å². The third-order valence-corrected chi connectivity index (χ3v) is 2.93. The summed E-state index contributed by atoms with van der Waals surface area (Å²) in [5, 5.41) is 0.500. The van der Waals surface area contributed by atoms with Gasteiger partial charge in [-0.3, -0.25) is 0 Å². The molecule has 2 aromatic rings. The summed E-state index contributed by atoms with van der Waals surface area (Å²) in [4.78, 5) is 4.18. The van der Waals surface area contributed by atoms with E-state index in [4.69, 9.17) is 26.8 Å². The van der Waals surface area contributed by atoms with Crippen molar-refractivity contribution in [1.29, 1.82) is 0 Å². The van der Waals surface area contributed by atoms with E-state index in [1.807, 2.05) is 19.1 Å². The first-order valence-corrected chi connectivity index (χ1v) is 6.86. The van der Waals surface area contributed by atoms with Gasteiger partial charge in [-0.2, -0.15) is 0 Å². The van der Waals surface area contributed by atoms with Crippen LogP contribution in [0.2, 0.25) is 5.02 Å². The molecule has 0 aliphatic rings. The Balaban J connectivity index is 2.21. The SMILES string of the molecule is CCCOc1cccnc1Oc1ccc(CN)cc1Cl. The first kappa shape index (κ1) is 14.6. The van der Waals surface area contributed by atoms with E-state index in [-0.39, 0.29) is 0 Å². The first-order valence-electron chi connectivity index (χ1n) is 6.48. The fraction of sp³-hybridized carbons (Fsp3) is 0.267. The zero-order valence-electron chi connectivity index (χ0n) is 11.3. The van der Waals surface area contributed by atoms with Crippen molar-refractivity contribution in [2.75, 3.05) is 6.61 Å². The highest BCUT2D eigenvalue weighted by atomic mass is 35.5. The number of nitrogens with two attached hydrogens (primary N) is 1. The van der Waals surface area contributed by atoms with E-state index in [1.54, 1.807) is 24.4 Å². The molecule has 2 rings (SSSR count). The highest BCUT2D eigenvalue weighted by Crippen LogP contribution is 2.33. The van der Waals surface area contributed by atoms with Crippen molar-refractivity contribution in [2.24, 2.45) is 5.73 Å². The van der Waals surface area contributed by atoms with Crippen LogP contribution in [0, 0.1) is 0 Å². The van der Waals surface area contributed by atoms with Gasteiger partial charge in [0.2, 0.25) is 0 Å². The minimum atomic E-state index is 0.406. The Hall–Kier alpha value is -1.78. The van der Waals surface area contributed by atoms with Crippen LogP contribution in [-0.4, -0.2) is 11.6 Å². The molecule has 0 amide bonds. The number of nitrogens with zero attached hydrogens (tertiary/aromatic N) is 1. The molecule has 0 unspecified atom stereocenters. The fourth-order valence-electron chi connectivity index (χ4n) is 1.63. The first-order chi connectivity index (χ1) is 9.74. The van der Waals surface area contributed by atoms with Crippen molar-refractivity contribution in [3.63, 3.8) is 0 Å². The molecule has 106 valence electrons. The Morgan fingerprint density at radius 3 is 2.80 bits per heavy atom. The maximum atomic E-state index is 6.17. The number of benzene rings is 1. The van der Waals surface area contributed by atoms with Crippen molar-refractivity contribution in [3.8, 4) is 17.4 Å². The smallest absolute Gasteiger partial charge is 0.262 e. The lowest BCUT2D eigenvalue weighted by Gasteiger charge is -2.12. The van der Waals surface area contributed by atoms with E-state index in [9.17, 15) is 0 Å². The van der Waals surface area contributed by atoms with Crippen LogP contribution in [0.25, 0.3) is 0 Å². The number of halogens is 1. The zero-order chi connectivity index (χ0) is 14.4. The van der Waals surface area contributed by atoms with Crippen LogP contribution in [0.5, 0.6) is 17.4 Å². The van der Waals surface area contributed by atoms with Gasteiger partial charge in [-0.1, -0.05) is 24.6 Å². The van der Waals surface area contributed by atoms with Crippen LogP contribution in [0.1, 0.15) is 18.9 Å². The Morgan fingerprint density at radius 1 is 1.25 bits per heavy atom. The Kier molecular flexibility index (Phi) is 5.21. The lowest BCUT2D eigenvalue weighted by atomic mass is 10.2. The van der Waals surface area contributed by atoms with E-state index >= 15 is 0 Å². The second-order valence-electron chi connectivity index (χ2n) is 4.23. The summed E-state index contributed by atoms with van der Waals surface area (Å²) in [6, 6.07) is 9.06. The molecular formula is C15H17ClN2O2. The van der Waals surface area contributed by atoms with E-state index in [2.05, 4.69) is 4.98 Å². The average Bonchev–Trinajstić information content (AvgIpc) is 2.48. The molecule has 20 heavy (non-hydrogen) atoms. The normalized spacial score (nSPS) is 10.3. The summed E-state index contributed by atoms with van der Waals surface area (Å²) in [6.07, 6.45) is 2.57. The third kappa shape index (κ3) is 3.62. The van der Waals surface area contributed by atoms with Crippen molar-refractivity contribution >= 4 is 11.6 Å². The van der Waals surface area contributed by atoms with Gasteiger partial charge in [-0.15, -0.1) is 0 Å². The number of aromatic nitrogens is 1. The van der Waals surface area contributed by atoms with E-state index in [1.165, 1.54) is 0 Å². The molecular weight excluding hydrogens is 276 g/mol. The second-order valence-corrected chi connectivity index (χ2v) is 4.63. The molecule has 4 nitrogen and oxygen atoms in total. The molecule has 0 aliphatic carbocycles. The quantitative estimate of drug-likeness (QED) is 0.880. The summed E-state index contributed by atoms with van der Waals surface area (Å²) >= 11 is 6.17. The fourth-order valence-corrected chi connectivity index (χ4v) is 1.87. The maximum absolute atomic E-state index is 6.17. The number of hydrogen-bond acceptors (Lipinski definition) is 4. The van der Waals surface area contributed by atoms with Gasteiger partial charge in [0.05, 0.1) is 11.6 Å². The van der Waals surface area contributed by atoms with Gasteiger partial charge in [-0.25, -0.2) is 4.98 Å². The highest BCUT2D eigenvalue weighted by molar-refractivity contribution is 6.32. The monoisotopic (exact) mass is 292 g/mol. The third-order valence-electron chi connectivity index (χ3n) is 2.64. The Morgan fingerprint density at radius 2 is 2.10 bits per heavy atom. The summed E-state index contributed by atoms with van der Waals surface area (Å²) in [5.74, 6) is 1.54. The molecule has 0 aliphatic heterocycles. The van der Waals surface area contributed by atoms with Crippen LogP contribution in [-0.2, 0) is 6.54 Å². The van der Waals surface area contributed by atoms with Gasteiger partial charge >= 0.3 is 0 Å². The molecule has 0 radical (unpaired) electrons. The van der Waals surface area contributed by atoms with Gasteiger partial charge in [0, 0.05) is 12.7 Å². The van der Waals surface area contributed by atoms with Gasteiger partial charge in [0.25, 0.3) is 5.88 Å². The van der Waals surface area contributed by atoms with E-state index in [0.29, 0.717) is 35.6 Å². The topological polar surface area (TPSA) is 57.4 Å². The molecule has 5 heteroatoms. The molecule has 1 aromatic heterocycles. The second kappa shape index (κ2) is 7.12. The Labute approximate surface area is 123 Å². The zero-order valence-corrected chi connectivity index (χ0v) is 12.1. The minimum absolute atomic E-state index is 0.406. The van der Waals surface area contributed by atoms with Crippen LogP contribution in [0.15, 0.2) is 36.5 Å². The molecule has 0 bridgehead atoms. The van der Waals surface area contributed by atoms with Crippen LogP contribution < -0.4 is 15.2 Å². The Bertz CT molecular complexity index is 576. The standard InChI is InChI=1S/C15H17ClN2O2/c1-2-8-19-14-4-3-7-18-15(14)20-13-6-5-11(10-17)9-12(13)16/h3-7,9H,2,8,10,17H2,1H3. The van der Waals surface area contributed by atoms with Crippen molar-refractivity contribution < 1.29 is 9.47 Å². The maximum Gasteiger partial charge on any atom is 0.262 e. The molecule has 0 spiro atoms. The number of hydrogen-bond donors (Lipinski definition) is 1. The predicted molar refractivity (Wildman–Crippen MR) is 79.4 cm³/mol. The molecule has 0 atom stereocenters. The lowest BCUT2D eigenvalue weighted by Crippen LogP contribution is -1.99. The number of rotatable bonds is 6. The molecule has 0 saturated carbocycles. The summed E-state index contributed by atoms with van der Waals surface area (Å²) in [6.45, 7) is 3.09. The summed E-state index contributed by atoms with van der Waals surface area (Å²) in [7, 11) is 0. The lowest BCUT2D eigenvalue weighted by molar-refractivity contribution is 0.298. The van der Waals surface area contributed by atoms with Crippen LogP contribution in [0.4, 0.5) is 0 Å². The van der Waals surface area contributed by atoms with E-state index in [0.717, 1.165) is 12.0 Å². The van der Waals surface area contributed by atoms with Crippen molar-refractivity contribution in [1.82, 2.24) is 4.98 Å². The molecule has 0 saturated heterocycles. The van der Waals surface area contributed by atoms with Crippen molar-refractivity contribution in [3.05, 3.63) is 47.1 Å². The largest absolute Gasteiger partial charge is 0.488 e. The van der Waals surface area contributed by atoms with Crippen LogP contribution in [0.3, 0.4) is 0 Å². The number of pyridine rings is 1.